The number of benzene rings is 3. The van der Waals surface area contributed by atoms with E-state index in [-0.39, 0.29) is 11.5 Å². The van der Waals surface area contributed by atoms with Crippen LogP contribution < -0.4 is 5.32 Å². The Morgan fingerprint density at radius 1 is 0.969 bits per heavy atom. The van der Waals surface area contributed by atoms with Crippen LogP contribution in [-0.4, -0.2) is 22.0 Å². The van der Waals surface area contributed by atoms with E-state index in [4.69, 9.17) is 4.98 Å². The van der Waals surface area contributed by atoms with Gasteiger partial charge in [-0.1, -0.05) is 60.5 Å². The Hall–Kier alpha value is -3.47. The molecule has 0 unspecified atom stereocenters. The molecule has 0 bridgehead atoms. The minimum atomic E-state index is -0.488. The zero-order valence-electron chi connectivity index (χ0n) is 18.4. The Morgan fingerprint density at radius 2 is 1.78 bits per heavy atom. The molecule has 5 heteroatoms. The fourth-order valence-corrected chi connectivity index (χ4v) is 4.01. The molecule has 4 nitrogen and oxygen atoms in total. The van der Waals surface area contributed by atoms with Crippen LogP contribution in [0.1, 0.15) is 46.6 Å². The van der Waals surface area contributed by atoms with E-state index in [1.165, 1.54) is 23.3 Å². The maximum absolute atomic E-state index is 13.7. The molecule has 0 aliphatic rings. The quantitative estimate of drug-likeness (QED) is 0.348. The zero-order valence-corrected chi connectivity index (χ0v) is 18.4. The first-order valence-corrected chi connectivity index (χ1v) is 11.1. The monoisotopic (exact) mass is 429 g/mol. The summed E-state index contributed by atoms with van der Waals surface area (Å²) in [5.41, 5.74) is 4.79. The number of aromatic nitrogens is 2. The molecular weight excluding hydrogens is 401 g/mol. The van der Waals surface area contributed by atoms with Crippen molar-refractivity contribution >= 4 is 16.9 Å². The van der Waals surface area contributed by atoms with Crippen molar-refractivity contribution in [2.24, 2.45) is 0 Å². The van der Waals surface area contributed by atoms with Gasteiger partial charge < -0.3 is 9.88 Å². The highest BCUT2D eigenvalue weighted by atomic mass is 19.1. The molecule has 4 aromatic rings. The second-order valence-corrected chi connectivity index (χ2v) is 8.14. The second kappa shape index (κ2) is 10.2. The van der Waals surface area contributed by atoms with Gasteiger partial charge in [-0.05, 0) is 49.6 Å². The predicted octanol–water partition coefficient (Wildman–Crippen LogP) is 5.67. The summed E-state index contributed by atoms with van der Waals surface area (Å²) in [6, 6.07) is 22.9. The number of rotatable bonds is 9. The van der Waals surface area contributed by atoms with E-state index in [0.29, 0.717) is 6.54 Å². The summed E-state index contributed by atoms with van der Waals surface area (Å²) >= 11 is 0. The lowest BCUT2D eigenvalue weighted by Crippen LogP contribution is -2.25. The van der Waals surface area contributed by atoms with Gasteiger partial charge in [0.15, 0.2) is 0 Å². The molecular formula is C27H28FN3O. The highest BCUT2D eigenvalue weighted by Gasteiger charge is 2.12. The van der Waals surface area contributed by atoms with Gasteiger partial charge in [0, 0.05) is 19.5 Å². The maximum Gasteiger partial charge on any atom is 0.254 e. The van der Waals surface area contributed by atoms with Gasteiger partial charge in [0.1, 0.15) is 11.6 Å². The largest absolute Gasteiger partial charge is 0.352 e. The molecule has 0 aliphatic carbocycles. The molecule has 0 saturated heterocycles. The van der Waals surface area contributed by atoms with Gasteiger partial charge in [0.2, 0.25) is 0 Å². The van der Waals surface area contributed by atoms with E-state index in [0.717, 1.165) is 49.1 Å². The van der Waals surface area contributed by atoms with Crippen LogP contribution in [0.3, 0.4) is 0 Å². The number of unbranched alkanes of at least 4 members (excludes halogenated alkanes) is 2. The number of para-hydroxylation sites is 2. The van der Waals surface area contributed by atoms with Crippen LogP contribution >= 0.6 is 0 Å². The molecule has 3 aromatic carbocycles. The zero-order chi connectivity index (χ0) is 22.3. The van der Waals surface area contributed by atoms with Gasteiger partial charge in [-0.15, -0.1) is 0 Å². The molecule has 164 valence electrons. The van der Waals surface area contributed by atoms with Crippen LogP contribution in [-0.2, 0) is 13.0 Å². The number of carbonyl (C=O) groups excluding carboxylic acids is 1. The number of imidazole rings is 1. The summed E-state index contributed by atoms with van der Waals surface area (Å²) < 4.78 is 16.0. The molecule has 1 N–H and O–H groups in total. The number of nitrogens with one attached hydrogen (secondary N) is 1. The summed E-state index contributed by atoms with van der Waals surface area (Å²) in [6.45, 7) is 3.45. The summed E-state index contributed by atoms with van der Waals surface area (Å²) in [7, 11) is 0. The third-order valence-corrected chi connectivity index (χ3v) is 5.64. The molecule has 0 radical (unpaired) electrons. The summed E-state index contributed by atoms with van der Waals surface area (Å²) in [5, 5.41) is 2.81. The smallest absolute Gasteiger partial charge is 0.254 e. The highest BCUT2D eigenvalue weighted by molar-refractivity contribution is 5.94. The number of hydrogen-bond acceptors (Lipinski definition) is 2. The third kappa shape index (κ3) is 5.22. The Balaban J connectivity index is 1.33. The number of aryl methyl sites for hydroxylation is 2. The Bertz CT molecular complexity index is 1210. The Kier molecular flexibility index (Phi) is 6.95. The number of hydrogen-bond donors (Lipinski definition) is 1. The number of carbonyl (C=O) groups is 1. The lowest BCUT2D eigenvalue weighted by atomic mass is 10.1. The van der Waals surface area contributed by atoms with Crippen molar-refractivity contribution in [3.63, 3.8) is 0 Å². The normalized spacial score (nSPS) is 11.1. The number of halogens is 1. The molecule has 0 atom stereocenters. The molecule has 0 aliphatic heterocycles. The van der Waals surface area contributed by atoms with Gasteiger partial charge in [-0.25, -0.2) is 9.37 Å². The predicted molar refractivity (Wildman–Crippen MR) is 126 cm³/mol. The summed E-state index contributed by atoms with van der Waals surface area (Å²) in [4.78, 5) is 17.0. The lowest BCUT2D eigenvalue weighted by molar-refractivity contribution is 0.0949. The standard InChI is InChI=1S/C27H28FN3O/c1-20-10-9-11-21(18-20)19-31-25-15-7-6-14-24(25)30-26(31)16-3-2-8-17-29-27(32)22-12-4-5-13-23(22)28/h4-7,9-15,18H,2-3,8,16-17,19H2,1H3,(H,29,32). The van der Waals surface area contributed by atoms with Gasteiger partial charge in [0.05, 0.1) is 16.6 Å². The van der Waals surface area contributed by atoms with Crippen LogP contribution in [0.15, 0.2) is 72.8 Å². The van der Waals surface area contributed by atoms with E-state index in [1.807, 2.05) is 6.07 Å². The SMILES string of the molecule is Cc1cccc(Cn2c(CCCCCNC(=O)c3ccccc3F)nc3ccccc32)c1. The first-order chi connectivity index (χ1) is 15.6. The van der Waals surface area contributed by atoms with Crippen LogP contribution in [0.5, 0.6) is 0 Å². The first kappa shape index (κ1) is 21.8. The average Bonchev–Trinajstić information content (AvgIpc) is 3.13. The maximum atomic E-state index is 13.7. The molecule has 32 heavy (non-hydrogen) atoms. The third-order valence-electron chi connectivity index (χ3n) is 5.64. The van der Waals surface area contributed by atoms with Gasteiger partial charge in [0.25, 0.3) is 5.91 Å². The number of amides is 1. The highest BCUT2D eigenvalue weighted by Crippen LogP contribution is 2.20. The topological polar surface area (TPSA) is 46.9 Å². The van der Waals surface area contributed by atoms with Crippen molar-refractivity contribution in [1.29, 1.82) is 0 Å². The fourth-order valence-electron chi connectivity index (χ4n) is 4.01. The van der Waals surface area contributed by atoms with Gasteiger partial charge in [-0.2, -0.15) is 0 Å². The van der Waals surface area contributed by atoms with Crippen molar-refractivity contribution in [2.45, 2.75) is 39.2 Å². The van der Waals surface area contributed by atoms with Crippen molar-refractivity contribution in [2.75, 3.05) is 6.54 Å². The van der Waals surface area contributed by atoms with E-state index in [9.17, 15) is 9.18 Å². The average molecular weight is 430 g/mol. The molecule has 0 spiro atoms. The molecule has 1 aromatic heterocycles. The minimum Gasteiger partial charge on any atom is -0.352 e. The van der Waals surface area contributed by atoms with Gasteiger partial charge >= 0.3 is 0 Å². The number of nitrogens with zero attached hydrogens (tertiary/aromatic N) is 2. The van der Waals surface area contributed by atoms with E-state index >= 15 is 0 Å². The Labute approximate surface area is 188 Å². The van der Waals surface area contributed by atoms with Crippen molar-refractivity contribution in [3.05, 3.63) is 101 Å². The fraction of sp³-hybridized carbons (Fsp3) is 0.259. The second-order valence-electron chi connectivity index (χ2n) is 8.14. The Morgan fingerprint density at radius 3 is 2.62 bits per heavy atom. The van der Waals surface area contributed by atoms with Gasteiger partial charge in [-0.3, -0.25) is 4.79 Å². The summed E-state index contributed by atoms with van der Waals surface area (Å²) in [6.07, 6.45) is 3.66. The van der Waals surface area contributed by atoms with Crippen LogP contribution in [0.25, 0.3) is 11.0 Å². The summed E-state index contributed by atoms with van der Waals surface area (Å²) in [5.74, 6) is 0.239. The van der Waals surface area contributed by atoms with Crippen LogP contribution in [0.4, 0.5) is 4.39 Å². The van der Waals surface area contributed by atoms with Crippen LogP contribution in [0, 0.1) is 12.7 Å². The minimum absolute atomic E-state index is 0.0948. The number of fused-ring (bicyclic) bond motifs is 1. The lowest BCUT2D eigenvalue weighted by Gasteiger charge is -2.10. The van der Waals surface area contributed by atoms with Crippen molar-refractivity contribution in [1.82, 2.24) is 14.9 Å². The molecule has 0 fully saturated rings. The van der Waals surface area contributed by atoms with Crippen molar-refractivity contribution in [3.8, 4) is 0 Å². The van der Waals surface area contributed by atoms with Crippen molar-refractivity contribution < 1.29 is 9.18 Å². The molecule has 1 amide bonds. The van der Waals surface area contributed by atoms with E-state index < -0.39 is 5.82 Å². The molecule has 4 rings (SSSR count). The van der Waals surface area contributed by atoms with E-state index in [1.54, 1.807) is 12.1 Å². The first-order valence-electron chi connectivity index (χ1n) is 11.1. The molecule has 1 heterocycles. The molecule has 0 saturated carbocycles. The van der Waals surface area contributed by atoms with Crippen LogP contribution in [0.2, 0.25) is 0 Å². The van der Waals surface area contributed by atoms with E-state index in [2.05, 4.69) is 59.3 Å².